The Labute approximate surface area is 193 Å². The summed E-state index contributed by atoms with van der Waals surface area (Å²) in [6, 6.07) is 14.0. The van der Waals surface area contributed by atoms with Crippen molar-refractivity contribution >= 4 is 33.8 Å². The summed E-state index contributed by atoms with van der Waals surface area (Å²) in [6.07, 6.45) is -1.54. The van der Waals surface area contributed by atoms with Crippen LogP contribution >= 0.6 is 0 Å². The number of fused-ring (bicyclic) bond motifs is 2. The van der Waals surface area contributed by atoms with Gasteiger partial charge in [-0.05, 0) is 53.6 Å². The van der Waals surface area contributed by atoms with E-state index in [-0.39, 0.29) is 32.1 Å². The summed E-state index contributed by atoms with van der Waals surface area (Å²) in [5, 5.41) is 14.2. The van der Waals surface area contributed by atoms with Crippen molar-refractivity contribution in [2.45, 2.75) is 20.0 Å². The van der Waals surface area contributed by atoms with Gasteiger partial charge in [0.1, 0.15) is 11.6 Å². The molecule has 0 bridgehead atoms. The molecule has 0 aliphatic heterocycles. The third kappa shape index (κ3) is 4.84. The number of rotatable bonds is 8. The molecule has 0 saturated carbocycles. The lowest BCUT2D eigenvalue weighted by atomic mass is 10.0. The van der Waals surface area contributed by atoms with Gasteiger partial charge in [-0.15, -0.1) is 0 Å². The van der Waals surface area contributed by atoms with Gasteiger partial charge in [-0.25, -0.2) is 13.6 Å². The fraction of sp³-hybridized carbons (Fsp3) is 0.200. The number of hydrogen-bond donors (Lipinski definition) is 2. The van der Waals surface area contributed by atoms with E-state index in [0.29, 0.717) is 21.9 Å². The highest BCUT2D eigenvalue weighted by molar-refractivity contribution is 5.89. The Kier molecular flexibility index (Phi) is 6.74. The summed E-state index contributed by atoms with van der Waals surface area (Å²) >= 11 is 0. The molecule has 0 amide bonds. The molecule has 7 nitrogen and oxygen atoms in total. The molecule has 0 spiro atoms. The third-order valence-corrected chi connectivity index (χ3v) is 5.40. The first-order chi connectivity index (χ1) is 16.4. The van der Waals surface area contributed by atoms with E-state index in [1.807, 2.05) is 12.1 Å². The summed E-state index contributed by atoms with van der Waals surface area (Å²) in [5.74, 6) is -1.40. The van der Waals surface area contributed by atoms with E-state index in [0.717, 1.165) is 10.9 Å². The molecule has 0 saturated heterocycles. The van der Waals surface area contributed by atoms with Crippen molar-refractivity contribution in [1.29, 1.82) is 0 Å². The van der Waals surface area contributed by atoms with Gasteiger partial charge < -0.3 is 24.5 Å². The van der Waals surface area contributed by atoms with Crippen molar-refractivity contribution < 1.29 is 33.0 Å². The van der Waals surface area contributed by atoms with Crippen LogP contribution in [0.2, 0.25) is 0 Å². The summed E-state index contributed by atoms with van der Waals surface area (Å²) in [5.41, 5.74) is 1.62. The molecule has 9 heteroatoms. The van der Waals surface area contributed by atoms with Crippen LogP contribution in [0.15, 0.2) is 54.6 Å². The maximum absolute atomic E-state index is 14.1. The van der Waals surface area contributed by atoms with Gasteiger partial charge in [-0.3, -0.25) is 4.79 Å². The quantitative estimate of drug-likeness (QED) is 0.360. The zero-order chi connectivity index (χ0) is 24.2. The van der Waals surface area contributed by atoms with Crippen LogP contribution in [-0.4, -0.2) is 34.9 Å². The molecule has 4 aromatic rings. The second-order valence-electron chi connectivity index (χ2n) is 7.59. The maximum atomic E-state index is 14.1. The number of benzene rings is 3. The standard InChI is InChI=1S/C25H22F2N2O5/c1-2-33-23(30)13-28-12-21-20-11-18(27)8-9-22(20)29(24(21)34-25(31)32)14-16-5-3-4-15-6-7-17(26)10-19(15)16/h3-11,28H,2,12-14H2,1H3,(H,31,32). The van der Waals surface area contributed by atoms with E-state index >= 15 is 0 Å². The molecule has 3 aromatic carbocycles. The molecule has 0 aliphatic carbocycles. The molecule has 0 unspecified atom stereocenters. The van der Waals surface area contributed by atoms with Gasteiger partial charge in [0.15, 0.2) is 0 Å². The van der Waals surface area contributed by atoms with Crippen LogP contribution in [0.25, 0.3) is 21.7 Å². The first kappa shape index (κ1) is 23.2. The minimum absolute atomic E-state index is 0.0159. The normalized spacial score (nSPS) is 11.1. The van der Waals surface area contributed by atoms with Crippen molar-refractivity contribution in [2.24, 2.45) is 0 Å². The number of ether oxygens (including phenoxy) is 2. The van der Waals surface area contributed by atoms with E-state index in [1.165, 1.54) is 30.3 Å². The summed E-state index contributed by atoms with van der Waals surface area (Å²) in [6.45, 7) is 1.96. The predicted molar refractivity (Wildman–Crippen MR) is 122 cm³/mol. The molecule has 0 fully saturated rings. The van der Waals surface area contributed by atoms with E-state index in [2.05, 4.69) is 5.32 Å². The van der Waals surface area contributed by atoms with Crippen LogP contribution in [0.5, 0.6) is 5.88 Å². The van der Waals surface area contributed by atoms with Crippen LogP contribution in [0.1, 0.15) is 18.1 Å². The molecule has 1 aromatic heterocycles. The molecular formula is C25H22F2N2O5. The average Bonchev–Trinajstić information content (AvgIpc) is 3.05. The van der Waals surface area contributed by atoms with Crippen LogP contribution in [0.3, 0.4) is 0 Å². The molecule has 4 rings (SSSR count). The van der Waals surface area contributed by atoms with Gasteiger partial charge in [0.2, 0.25) is 5.88 Å². The highest BCUT2D eigenvalue weighted by Gasteiger charge is 2.22. The topological polar surface area (TPSA) is 89.8 Å². The van der Waals surface area contributed by atoms with E-state index < -0.39 is 23.8 Å². The Morgan fingerprint density at radius 2 is 1.76 bits per heavy atom. The number of nitrogens with zero attached hydrogens (tertiary/aromatic N) is 1. The van der Waals surface area contributed by atoms with Crippen molar-refractivity contribution in [2.75, 3.05) is 13.2 Å². The smallest absolute Gasteiger partial charge is 0.465 e. The second-order valence-corrected chi connectivity index (χ2v) is 7.59. The molecular weight excluding hydrogens is 446 g/mol. The molecule has 0 radical (unpaired) electrons. The van der Waals surface area contributed by atoms with Gasteiger partial charge in [-0.2, -0.15) is 0 Å². The van der Waals surface area contributed by atoms with Gasteiger partial charge in [-0.1, -0.05) is 24.3 Å². The summed E-state index contributed by atoms with van der Waals surface area (Å²) in [7, 11) is 0. The predicted octanol–water partition coefficient (Wildman–Crippen LogP) is 4.83. The minimum Gasteiger partial charge on any atom is -0.465 e. The van der Waals surface area contributed by atoms with Gasteiger partial charge in [0.25, 0.3) is 0 Å². The number of carboxylic acid groups (broad SMARTS) is 1. The number of esters is 1. The number of carbonyl (C=O) groups is 2. The minimum atomic E-state index is -1.54. The molecule has 176 valence electrons. The number of aromatic nitrogens is 1. The largest absolute Gasteiger partial charge is 0.512 e. The zero-order valence-electron chi connectivity index (χ0n) is 18.3. The fourth-order valence-electron chi connectivity index (χ4n) is 4.02. The van der Waals surface area contributed by atoms with E-state index in [1.54, 1.807) is 23.6 Å². The van der Waals surface area contributed by atoms with Crippen molar-refractivity contribution in [3.8, 4) is 5.88 Å². The lowest BCUT2D eigenvalue weighted by molar-refractivity contribution is -0.142. The number of nitrogens with one attached hydrogen (secondary N) is 1. The Balaban J connectivity index is 1.82. The molecule has 0 aliphatic rings. The first-order valence-corrected chi connectivity index (χ1v) is 10.6. The van der Waals surface area contributed by atoms with Crippen LogP contribution in [-0.2, 0) is 22.6 Å². The highest BCUT2D eigenvalue weighted by Crippen LogP contribution is 2.35. The molecule has 34 heavy (non-hydrogen) atoms. The SMILES string of the molecule is CCOC(=O)CNCc1c(OC(=O)O)n(Cc2cccc3ccc(F)cc23)c2ccc(F)cc12. The van der Waals surface area contributed by atoms with E-state index in [4.69, 9.17) is 9.47 Å². The lowest BCUT2D eigenvalue weighted by Crippen LogP contribution is -2.24. The van der Waals surface area contributed by atoms with Gasteiger partial charge in [0, 0.05) is 17.5 Å². The van der Waals surface area contributed by atoms with Crippen LogP contribution < -0.4 is 10.1 Å². The third-order valence-electron chi connectivity index (χ3n) is 5.40. The lowest BCUT2D eigenvalue weighted by Gasteiger charge is -2.13. The second kappa shape index (κ2) is 9.88. The highest BCUT2D eigenvalue weighted by atomic mass is 19.1. The number of hydrogen-bond acceptors (Lipinski definition) is 5. The maximum Gasteiger partial charge on any atom is 0.512 e. The molecule has 0 atom stereocenters. The number of carbonyl (C=O) groups excluding carboxylic acids is 1. The van der Waals surface area contributed by atoms with Crippen molar-refractivity contribution in [3.05, 3.63) is 77.4 Å². The van der Waals surface area contributed by atoms with Gasteiger partial charge in [0.05, 0.1) is 25.2 Å². The zero-order valence-corrected chi connectivity index (χ0v) is 18.3. The average molecular weight is 468 g/mol. The van der Waals surface area contributed by atoms with Crippen LogP contribution in [0, 0.1) is 11.6 Å². The van der Waals surface area contributed by atoms with Crippen molar-refractivity contribution in [3.63, 3.8) is 0 Å². The Morgan fingerprint density at radius 1 is 1.03 bits per heavy atom. The van der Waals surface area contributed by atoms with E-state index in [9.17, 15) is 23.5 Å². The number of halogens is 2. The molecule has 2 N–H and O–H groups in total. The summed E-state index contributed by atoms with van der Waals surface area (Å²) < 4.78 is 39.8. The van der Waals surface area contributed by atoms with Crippen LogP contribution in [0.4, 0.5) is 13.6 Å². The Hall–Kier alpha value is -3.98. The Bertz CT molecular complexity index is 1380. The fourth-order valence-corrected chi connectivity index (χ4v) is 4.02. The van der Waals surface area contributed by atoms with Gasteiger partial charge >= 0.3 is 12.1 Å². The first-order valence-electron chi connectivity index (χ1n) is 10.6. The monoisotopic (exact) mass is 468 g/mol. The Morgan fingerprint density at radius 3 is 2.50 bits per heavy atom. The summed E-state index contributed by atoms with van der Waals surface area (Å²) in [4.78, 5) is 23.2. The molecule has 1 heterocycles. The van der Waals surface area contributed by atoms with Crippen molar-refractivity contribution in [1.82, 2.24) is 9.88 Å².